The Morgan fingerprint density at radius 3 is 2.84 bits per heavy atom. The summed E-state index contributed by atoms with van der Waals surface area (Å²) in [6.07, 6.45) is 3.73. The minimum absolute atomic E-state index is 0.0408. The van der Waals surface area contributed by atoms with Crippen molar-refractivity contribution in [2.24, 2.45) is 11.8 Å². The Hall–Kier alpha value is -1.44. The second kappa shape index (κ2) is 6.37. The molecule has 4 rings (SSSR count). The second-order valence-corrected chi connectivity index (χ2v) is 7.49. The molecule has 0 aliphatic carbocycles. The summed E-state index contributed by atoms with van der Waals surface area (Å²) in [4.78, 5) is 32.1. The zero-order valence-electron chi connectivity index (χ0n) is 15.0. The first-order chi connectivity index (χ1) is 12.1. The van der Waals surface area contributed by atoms with Crippen LogP contribution in [0.4, 0.5) is 0 Å². The van der Waals surface area contributed by atoms with Gasteiger partial charge in [-0.05, 0) is 14.0 Å². The Morgan fingerprint density at radius 1 is 1.36 bits per heavy atom. The normalized spacial score (nSPS) is 37.2. The molecule has 2 bridgehead atoms. The SMILES string of the molecule is CCOCCN1C[C@]23C=C[C@H](O2)[C@H](C(=O)N2CCN(C)CC2)[C@H]3C1=O. The van der Waals surface area contributed by atoms with Gasteiger partial charge < -0.3 is 24.2 Å². The van der Waals surface area contributed by atoms with Crippen LogP contribution < -0.4 is 0 Å². The minimum Gasteiger partial charge on any atom is -0.380 e. The molecule has 138 valence electrons. The van der Waals surface area contributed by atoms with Crippen LogP contribution in [0.3, 0.4) is 0 Å². The number of fused-ring (bicyclic) bond motifs is 1. The molecule has 7 heteroatoms. The molecule has 4 aliphatic rings. The third-order valence-electron chi connectivity index (χ3n) is 5.99. The molecule has 2 amide bonds. The topological polar surface area (TPSA) is 62.3 Å². The third kappa shape index (κ3) is 2.69. The van der Waals surface area contributed by atoms with Gasteiger partial charge in [0.2, 0.25) is 11.8 Å². The van der Waals surface area contributed by atoms with Gasteiger partial charge in [0.15, 0.2) is 0 Å². The van der Waals surface area contributed by atoms with Gasteiger partial charge in [0.25, 0.3) is 0 Å². The van der Waals surface area contributed by atoms with Gasteiger partial charge in [0, 0.05) is 39.3 Å². The Morgan fingerprint density at radius 2 is 2.12 bits per heavy atom. The third-order valence-corrected chi connectivity index (χ3v) is 5.99. The lowest BCUT2D eigenvalue weighted by Crippen LogP contribution is -2.52. The lowest BCUT2D eigenvalue weighted by molar-refractivity contribution is -0.144. The number of piperazine rings is 1. The fraction of sp³-hybridized carbons (Fsp3) is 0.778. The van der Waals surface area contributed by atoms with E-state index in [1.165, 1.54) is 0 Å². The first kappa shape index (κ1) is 17.0. The van der Waals surface area contributed by atoms with Gasteiger partial charge in [0.05, 0.1) is 31.1 Å². The lowest BCUT2D eigenvalue weighted by atomic mass is 9.76. The van der Waals surface area contributed by atoms with E-state index in [0.29, 0.717) is 26.3 Å². The number of ether oxygens (including phenoxy) is 2. The fourth-order valence-electron chi connectivity index (χ4n) is 4.61. The quantitative estimate of drug-likeness (QED) is 0.498. The monoisotopic (exact) mass is 349 g/mol. The molecule has 1 spiro atoms. The van der Waals surface area contributed by atoms with Crippen molar-refractivity contribution in [3.8, 4) is 0 Å². The first-order valence-electron chi connectivity index (χ1n) is 9.27. The van der Waals surface area contributed by atoms with E-state index in [0.717, 1.165) is 26.2 Å². The number of amides is 2. The molecule has 0 aromatic heterocycles. The summed E-state index contributed by atoms with van der Waals surface area (Å²) < 4.78 is 11.6. The molecule has 0 aromatic rings. The molecule has 4 atom stereocenters. The van der Waals surface area contributed by atoms with E-state index in [1.54, 1.807) is 4.90 Å². The first-order valence-corrected chi connectivity index (χ1v) is 9.27. The number of hydrogen-bond acceptors (Lipinski definition) is 5. The van der Waals surface area contributed by atoms with E-state index < -0.39 is 5.60 Å². The standard InChI is InChI=1S/C18H27N3O4/c1-3-24-11-10-21-12-18-5-4-13(25-18)14(15(18)17(21)23)16(22)20-8-6-19(2)7-9-20/h4-5,13-15H,3,6-12H2,1-2H3/t13-,14-,15-,18-/m0/s1. The molecule has 0 unspecified atom stereocenters. The van der Waals surface area contributed by atoms with Crippen LogP contribution in [-0.2, 0) is 19.1 Å². The summed E-state index contributed by atoms with van der Waals surface area (Å²) in [6.45, 7) is 7.40. The summed E-state index contributed by atoms with van der Waals surface area (Å²) in [5, 5.41) is 0. The predicted octanol–water partition coefficient (Wildman–Crippen LogP) is -0.421. The Kier molecular flexibility index (Phi) is 4.33. The molecule has 0 radical (unpaired) electrons. The highest BCUT2D eigenvalue weighted by Crippen LogP contribution is 2.52. The summed E-state index contributed by atoms with van der Waals surface area (Å²) >= 11 is 0. The van der Waals surface area contributed by atoms with Crippen LogP contribution in [-0.4, -0.2) is 97.7 Å². The average molecular weight is 349 g/mol. The van der Waals surface area contributed by atoms with Crippen molar-refractivity contribution in [1.82, 2.24) is 14.7 Å². The van der Waals surface area contributed by atoms with Crippen LogP contribution in [0.5, 0.6) is 0 Å². The molecule has 3 fully saturated rings. The van der Waals surface area contributed by atoms with Crippen LogP contribution in [0.1, 0.15) is 6.92 Å². The predicted molar refractivity (Wildman–Crippen MR) is 90.9 cm³/mol. The highest BCUT2D eigenvalue weighted by atomic mass is 16.5. The van der Waals surface area contributed by atoms with Crippen LogP contribution in [0.25, 0.3) is 0 Å². The van der Waals surface area contributed by atoms with Crippen molar-refractivity contribution in [2.45, 2.75) is 18.6 Å². The number of hydrogen-bond donors (Lipinski definition) is 0. The van der Waals surface area contributed by atoms with Crippen LogP contribution in [0.2, 0.25) is 0 Å². The Labute approximate surface area is 148 Å². The molecule has 4 heterocycles. The van der Waals surface area contributed by atoms with Gasteiger partial charge in [-0.1, -0.05) is 12.2 Å². The second-order valence-electron chi connectivity index (χ2n) is 7.49. The molecule has 25 heavy (non-hydrogen) atoms. The Bertz CT molecular complexity index is 587. The number of rotatable bonds is 5. The van der Waals surface area contributed by atoms with E-state index in [-0.39, 0.29) is 29.8 Å². The summed E-state index contributed by atoms with van der Waals surface area (Å²) in [5.41, 5.74) is -0.610. The van der Waals surface area contributed by atoms with E-state index in [9.17, 15) is 9.59 Å². The van der Waals surface area contributed by atoms with Gasteiger partial charge in [-0.25, -0.2) is 0 Å². The average Bonchev–Trinajstić information content (AvgIpc) is 3.24. The number of carbonyl (C=O) groups is 2. The summed E-state index contributed by atoms with van der Waals surface area (Å²) in [5.74, 6) is -0.636. The maximum Gasteiger partial charge on any atom is 0.230 e. The van der Waals surface area contributed by atoms with Crippen molar-refractivity contribution in [2.75, 3.05) is 59.5 Å². The zero-order valence-corrected chi connectivity index (χ0v) is 15.0. The van der Waals surface area contributed by atoms with Crippen LogP contribution in [0, 0.1) is 11.8 Å². The molecule has 4 aliphatic heterocycles. The number of nitrogens with zero attached hydrogens (tertiary/aromatic N) is 3. The van der Waals surface area contributed by atoms with Crippen molar-refractivity contribution in [3.63, 3.8) is 0 Å². The van der Waals surface area contributed by atoms with Crippen molar-refractivity contribution >= 4 is 11.8 Å². The maximum atomic E-state index is 13.1. The highest BCUT2D eigenvalue weighted by Gasteiger charge is 2.67. The summed E-state index contributed by atoms with van der Waals surface area (Å²) in [7, 11) is 2.07. The molecule has 0 saturated carbocycles. The fourth-order valence-corrected chi connectivity index (χ4v) is 4.61. The summed E-state index contributed by atoms with van der Waals surface area (Å²) in [6, 6.07) is 0. The largest absolute Gasteiger partial charge is 0.380 e. The van der Waals surface area contributed by atoms with E-state index >= 15 is 0 Å². The molecular weight excluding hydrogens is 322 g/mol. The number of carbonyl (C=O) groups excluding carboxylic acids is 2. The molecule has 3 saturated heterocycles. The van der Waals surface area contributed by atoms with Gasteiger partial charge >= 0.3 is 0 Å². The highest BCUT2D eigenvalue weighted by molar-refractivity contribution is 5.93. The van der Waals surface area contributed by atoms with Gasteiger partial charge in [0.1, 0.15) is 5.60 Å². The van der Waals surface area contributed by atoms with Crippen molar-refractivity contribution in [3.05, 3.63) is 12.2 Å². The molecular formula is C18H27N3O4. The number of likely N-dealkylation sites (tertiary alicyclic amines) is 1. The smallest absolute Gasteiger partial charge is 0.230 e. The van der Waals surface area contributed by atoms with E-state index in [1.807, 2.05) is 24.0 Å². The van der Waals surface area contributed by atoms with Crippen LogP contribution in [0.15, 0.2) is 12.2 Å². The zero-order chi connectivity index (χ0) is 17.6. The van der Waals surface area contributed by atoms with Gasteiger partial charge in [-0.15, -0.1) is 0 Å². The van der Waals surface area contributed by atoms with E-state index in [2.05, 4.69) is 11.9 Å². The minimum atomic E-state index is -0.610. The molecule has 7 nitrogen and oxygen atoms in total. The van der Waals surface area contributed by atoms with E-state index in [4.69, 9.17) is 9.47 Å². The number of likely N-dealkylation sites (N-methyl/N-ethyl adjacent to an activating group) is 1. The Balaban J connectivity index is 1.50. The maximum absolute atomic E-state index is 13.1. The lowest BCUT2D eigenvalue weighted by Gasteiger charge is -2.35. The van der Waals surface area contributed by atoms with Gasteiger partial charge in [-0.2, -0.15) is 0 Å². The van der Waals surface area contributed by atoms with Crippen LogP contribution >= 0.6 is 0 Å². The van der Waals surface area contributed by atoms with Gasteiger partial charge in [-0.3, -0.25) is 9.59 Å². The molecule has 0 N–H and O–H groups in total. The van der Waals surface area contributed by atoms with Crippen molar-refractivity contribution in [1.29, 1.82) is 0 Å². The van der Waals surface area contributed by atoms with Crippen molar-refractivity contribution < 1.29 is 19.1 Å². The molecule has 0 aromatic carbocycles.